The second kappa shape index (κ2) is 6.20. The van der Waals surface area contributed by atoms with Gasteiger partial charge in [-0.2, -0.15) is 5.10 Å². The van der Waals surface area contributed by atoms with Crippen molar-refractivity contribution in [2.45, 2.75) is 60.5 Å². The first-order valence-electron chi connectivity index (χ1n) is 6.74. The van der Waals surface area contributed by atoms with Gasteiger partial charge >= 0.3 is 0 Å². The molecule has 1 heterocycles. The fourth-order valence-corrected chi connectivity index (χ4v) is 2.34. The Morgan fingerprint density at radius 1 is 1.24 bits per heavy atom. The van der Waals surface area contributed by atoms with Crippen molar-refractivity contribution in [2.75, 3.05) is 6.54 Å². The van der Waals surface area contributed by atoms with E-state index in [1.165, 1.54) is 23.4 Å². The minimum absolute atomic E-state index is 0.396. The number of aryl methyl sites for hydroxylation is 2. The predicted molar refractivity (Wildman–Crippen MR) is 73.2 cm³/mol. The Kier molecular flexibility index (Phi) is 5.19. The van der Waals surface area contributed by atoms with Crippen LogP contribution in [0.5, 0.6) is 0 Å². The third-order valence-electron chi connectivity index (χ3n) is 3.30. The zero-order valence-corrected chi connectivity index (χ0v) is 12.2. The Morgan fingerprint density at radius 3 is 2.41 bits per heavy atom. The summed E-state index contributed by atoms with van der Waals surface area (Å²) in [5.74, 6) is 0.730. The number of hydrogen-bond acceptors (Lipinski definition) is 2. The maximum absolute atomic E-state index is 4.66. The molecule has 0 aliphatic rings. The van der Waals surface area contributed by atoms with Gasteiger partial charge in [0.25, 0.3) is 0 Å². The van der Waals surface area contributed by atoms with Crippen molar-refractivity contribution in [1.29, 1.82) is 0 Å². The lowest BCUT2D eigenvalue weighted by Crippen LogP contribution is -2.19. The molecular weight excluding hydrogens is 210 g/mol. The van der Waals surface area contributed by atoms with Crippen LogP contribution in [0, 0.1) is 19.8 Å². The molecule has 3 heteroatoms. The third-order valence-corrected chi connectivity index (χ3v) is 3.30. The molecule has 0 aromatic carbocycles. The van der Waals surface area contributed by atoms with Crippen LogP contribution in [0.25, 0.3) is 0 Å². The van der Waals surface area contributed by atoms with E-state index in [-0.39, 0.29) is 0 Å². The molecule has 0 aliphatic carbocycles. The molecule has 0 saturated carbocycles. The van der Waals surface area contributed by atoms with Crippen LogP contribution in [0.1, 0.15) is 57.1 Å². The standard InChI is InChI=1S/C14H27N3/c1-7-15-11(4)14-12(5)16-17(13(14)6)9-8-10(2)3/h10-11,15H,7-9H2,1-6H3. The molecule has 98 valence electrons. The Morgan fingerprint density at radius 2 is 1.88 bits per heavy atom. The highest BCUT2D eigenvalue weighted by atomic mass is 15.3. The minimum atomic E-state index is 0.396. The zero-order chi connectivity index (χ0) is 13.0. The molecule has 0 spiro atoms. The molecule has 3 nitrogen and oxygen atoms in total. The Bertz CT molecular complexity index is 353. The SMILES string of the molecule is CCNC(C)c1c(C)nn(CCC(C)C)c1C. The van der Waals surface area contributed by atoms with Crippen LogP contribution in [0.2, 0.25) is 0 Å². The summed E-state index contributed by atoms with van der Waals surface area (Å²) in [4.78, 5) is 0. The predicted octanol–water partition coefficient (Wildman–Crippen LogP) is 3.22. The van der Waals surface area contributed by atoms with E-state index in [4.69, 9.17) is 0 Å². The van der Waals surface area contributed by atoms with E-state index >= 15 is 0 Å². The Hall–Kier alpha value is -0.830. The largest absolute Gasteiger partial charge is 0.310 e. The maximum Gasteiger partial charge on any atom is 0.0644 e. The van der Waals surface area contributed by atoms with Crippen molar-refractivity contribution in [3.63, 3.8) is 0 Å². The van der Waals surface area contributed by atoms with E-state index in [1.54, 1.807) is 0 Å². The third kappa shape index (κ3) is 3.56. The molecule has 1 unspecified atom stereocenters. The van der Waals surface area contributed by atoms with E-state index in [1.807, 2.05) is 0 Å². The van der Waals surface area contributed by atoms with Crippen molar-refractivity contribution < 1.29 is 0 Å². The Labute approximate surface area is 106 Å². The summed E-state index contributed by atoms with van der Waals surface area (Å²) >= 11 is 0. The molecule has 1 aromatic rings. The molecule has 0 aliphatic heterocycles. The zero-order valence-electron chi connectivity index (χ0n) is 12.2. The van der Waals surface area contributed by atoms with Gasteiger partial charge in [-0.15, -0.1) is 0 Å². The molecule has 0 amide bonds. The van der Waals surface area contributed by atoms with Crippen LogP contribution in [0.15, 0.2) is 0 Å². The Balaban J connectivity index is 2.85. The highest BCUT2D eigenvalue weighted by molar-refractivity contribution is 5.27. The lowest BCUT2D eigenvalue weighted by molar-refractivity contribution is 0.478. The van der Waals surface area contributed by atoms with Crippen LogP contribution in [0.4, 0.5) is 0 Å². The summed E-state index contributed by atoms with van der Waals surface area (Å²) in [6.45, 7) is 15.2. The van der Waals surface area contributed by atoms with Crippen LogP contribution >= 0.6 is 0 Å². The van der Waals surface area contributed by atoms with Crippen molar-refractivity contribution in [2.24, 2.45) is 5.92 Å². The van der Waals surface area contributed by atoms with Gasteiger partial charge in [-0.1, -0.05) is 20.8 Å². The average molecular weight is 237 g/mol. The molecule has 17 heavy (non-hydrogen) atoms. The molecule has 1 atom stereocenters. The van der Waals surface area contributed by atoms with E-state index in [9.17, 15) is 0 Å². The number of nitrogens with one attached hydrogen (secondary N) is 1. The summed E-state index contributed by atoms with van der Waals surface area (Å²) in [5.41, 5.74) is 3.85. The molecule has 0 saturated heterocycles. The number of aromatic nitrogens is 2. The van der Waals surface area contributed by atoms with Gasteiger partial charge in [-0.3, -0.25) is 4.68 Å². The van der Waals surface area contributed by atoms with Crippen molar-refractivity contribution in [3.05, 3.63) is 17.0 Å². The summed E-state index contributed by atoms with van der Waals surface area (Å²) in [6.07, 6.45) is 1.19. The lowest BCUT2D eigenvalue weighted by Gasteiger charge is -2.13. The number of rotatable bonds is 6. The van der Waals surface area contributed by atoms with Gasteiger partial charge < -0.3 is 5.32 Å². The molecule has 1 rings (SSSR count). The van der Waals surface area contributed by atoms with Gasteiger partial charge in [0.2, 0.25) is 0 Å². The van der Waals surface area contributed by atoms with E-state index in [0.29, 0.717) is 6.04 Å². The molecule has 1 aromatic heterocycles. The first-order chi connectivity index (χ1) is 7.97. The minimum Gasteiger partial charge on any atom is -0.310 e. The topological polar surface area (TPSA) is 29.9 Å². The van der Waals surface area contributed by atoms with Crippen LogP contribution in [-0.2, 0) is 6.54 Å². The fraction of sp³-hybridized carbons (Fsp3) is 0.786. The number of hydrogen-bond donors (Lipinski definition) is 1. The summed E-state index contributed by atoms with van der Waals surface area (Å²) in [5, 5.41) is 8.13. The van der Waals surface area contributed by atoms with Crippen LogP contribution in [-0.4, -0.2) is 16.3 Å². The first kappa shape index (κ1) is 14.2. The first-order valence-corrected chi connectivity index (χ1v) is 6.74. The van der Waals surface area contributed by atoms with Crippen molar-refractivity contribution >= 4 is 0 Å². The smallest absolute Gasteiger partial charge is 0.0644 e. The van der Waals surface area contributed by atoms with Crippen LogP contribution in [0.3, 0.4) is 0 Å². The number of nitrogens with zero attached hydrogens (tertiary/aromatic N) is 2. The molecule has 1 N–H and O–H groups in total. The van der Waals surface area contributed by atoms with Gasteiger partial charge in [0.05, 0.1) is 5.69 Å². The van der Waals surface area contributed by atoms with Gasteiger partial charge in [0, 0.05) is 23.8 Å². The second-order valence-corrected chi connectivity index (χ2v) is 5.27. The fourth-order valence-electron chi connectivity index (χ4n) is 2.34. The maximum atomic E-state index is 4.66. The average Bonchev–Trinajstić information content (AvgIpc) is 2.51. The van der Waals surface area contributed by atoms with E-state index in [2.05, 4.69) is 56.6 Å². The van der Waals surface area contributed by atoms with E-state index < -0.39 is 0 Å². The summed E-state index contributed by atoms with van der Waals surface area (Å²) in [7, 11) is 0. The van der Waals surface area contributed by atoms with E-state index in [0.717, 1.165) is 19.0 Å². The van der Waals surface area contributed by atoms with Crippen LogP contribution < -0.4 is 5.32 Å². The molecular formula is C14H27N3. The van der Waals surface area contributed by atoms with Gasteiger partial charge in [-0.05, 0) is 39.7 Å². The molecule has 0 bridgehead atoms. The second-order valence-electron chi connectivity index (χ2n) is 5.27. The van der Waals surface area contributed by atoms with Gasteiger partial charge in [0.1, 0.15) is 0 Å². The quantitative estimate of drug-likeness (QED) is 0.823. The summed E-state index contributed by atoms with van der Waals surface area (Å²) < 4.78 is 2.17. The molecule has 0 radical (unpaired) electrons. The van der Waals surface area contributed by atoms with Gasteiger partial charge in [-0.25, -0.2) is 0 Å². The summed E-state index contributed by atoms with van der Waals surface area (Å²) in [6, 6.07) is 0.396. The highest BCUT2D eigenvalue weighted by Gasteiger charge is 2.16. The molecule has 0 fully saturated rings. The normalized spacial score (nSPS) is 13.4. The van der Waals surface area contributed by atoms with Gasteiger partial charge in [0.15, 0.2) is 0 Å². The lowest BCUT2D eigenvalue weighted by atomic mass is 10.1. The van der Waals surface area contributed by atoms with Crippen molar-refractivity contribution in [3.8, 4) is 0 Å². The van der Waals surface area contributed by atoms with Crippen molar-refractivity contribution in [1.82, 2.24) is 15.1 Å². The highest BCUT2D eigenvalue weighted by Crippen LogP contribution is 2.21. The monoisotopic (exact) mass is 237 g/mol.